The molecule has 2 aromatic rings. The van der Waals surface area contributed by atoms with Crippen LogP contribution in [0.25, 0.3) is 0 Å². The third-order valence-corrected chi connectivity index (χ3v) is 3.20. The first-order valence-corrected chi connectivity index (χ1v) is 6.57. The second-order valence-corrected chi connectivity index (χ2v) is 4.88. The van der Waals surface area contributed by atoms with Gasteiger partial charge in [-0.3, -0.25) is 14.3 Å². The lowest BCUT2D eigenvalue weighted by atomic mass is 10.1. The van der Waals surface area contributed by atoms with Gasteiger partial charge in [0.1, 0.15) is 0 Å². The molecule has 0 saturated heterocycles. The summed E-state index contributed by atoms with van der Waals surface area (Å²) in [6, 6.07) is 6.95. The van der Waals surface area contributed by atoms with E-state index in [1.165, 1.54) is 6.92 Å². The van der Waals surface area contributed by atoms with Gasteiger partial charge >= 0.3 is 0 Å². The number of nitrogens with one attached hydrogen (secondary N) is 2. The third kappa shape index (κ3) is 3.28. The Morgan fingerprint density at radius 2 is 1.57 bits per heavy atom. The Morgan fingerprint density at radius 1 is 1.05 bits per heavy atom. The minimum atomic E-state index is -0.189. The van der Waals surface area contributed by atoms with E-state index in [-0.39, 0.29) is 11.8 Å². The second kappa shape index (κ2) is 5.78. The third-order valence-electron chi connectivity index (χ3n) is 3.20. The second-order valence-electron chi connectivity index (χ2n) is 4.88. The first-order valence-electron chi connectivity index (χ1n) is 6.57. The van der Waals surface area contributed by atoms with Crippen molar-refractivity contribution in [2.75, 3.05) is 10.6 Å². The van der Waals surface area contributed by atoms with Crippen LogP contribution in [-0.2, 0) is 11.8 Å². The van der Waals surface area contributed by atoms with Crippen molar-refractivity contribution >= 4 is 23.2 Å². The Labute approximate surface area is 123 Å². The Morgan fingerprint density at radius 3 is 2.00 bits per heavy atom. The lowest BCUT2D eigenvalue weighted by Crippen LogP contribution is -2.14. The van der Waals surface area contributed by atoms with E-state index in [1.54, 1.807) is 36.0 Å². The Balaban J connectivity index is 2.14. The number of aryl methyl sites for hydroxylation is 2. The van der Waals surface area contributed by atoms with Crippen LogP contribution in [-0.4, -0.2) is 21.6 Å². The number of hydrogen-bond acceptors (Lipinski definition) is 3. The van der Waals surface area contributed by atoms with Crippen molar-refractivity contribution in [2.24, 2.45) is 7.05 Å². The van der Waals surface area contributed by atoms with Gasteiger partial charge < -0.3 is 10.6 Å². The molecule has 0 aliphatic carbocycles. The van der Waals surface area contributed by atoms with E-state index >= 15 is 0 Å². The van der Waals surface area contributed by atoms with Gasteiger partial charge in [0.15, 0.2) is 0 Å². The molecule has 0 atom stereocenters. The number of aromatic nitrogens is 2. The topological polar surface area (TPSA) is 76.0 Å². The van der Waals surface area contributed by atoms with Crippen LogP contribution in [0, 0.1) is 13.8 Å². The maximum atomic E-state index is 12.3. The molecule has 110 valence electrons. The van der Waals surface area contributed by atoms with Crippen LogP contribution in [0.1, 0.15) is 28.7 Å². The number of carbonyl (C=O) groups is 2. The molecule has 6 heteroatoms. The number of anilines is 2. The summed E-state index contributed by atoms with van der Waals surface area (Å²) in [6.07, 6.45) is 0. The monoisotopic (exact) mass is 286 g/mol. The van der Waals surface area contributed by atoms with Crippen molar-refractivity contribution < 1.29 is 9.59 Å². The highest BCUT2D eigenvalue weighted by Gasteiger charge is 2.17. The summed E-state index contributed by atoms with van der Waals surface area (Å²) in [5.74, 6) is -0.321. The van der Waals surface area contributed by atoms with Gasteiger partial charge in [-0.25, -0.2) is 0 Å². The molecule has 2 rings (SSSR count). The Hall–Kier alpha value is -2.63. The number of nitrogens with zero attached hydrogens (tertiary/aromatic N) is 2. The van der Waals surface area contributed by atoms with E-state index < -0.39 is 0 Å². The number of rotatable bonds is 3. The first kappa shape index (κ1) is 14.8. The molecule has 0 radical (unpaired) electrons. The molecule has 1 aromatic heterocycles. The molecule has 2 N–H and O–H groups in total. The molecule has 6 nitrogen and oxygen atoms in total. The minimum absolute atomic E-state index is 0.131. The first-order chi connectivity index (χ1) is 9.88. The fraction of sp³-hybridized carbons (Fsp3) is 0.267. The minimum Gasteiger partial charge on any atom is -0.326 e. The summed E-state index contributed by atoms with van der Waals surface area (Å²) >= 11 is 0. The van der Waals surface area contributed by atoms with Crippen LogP contribution in [0.4, 0.5) is 11.4 Å². The van der Waals surface area contributed by atoms with Gasteiger partial charge in [0.25, 0.3) is 5.91 Å². The van der Waals surface area contributed by atoms with Crippen molar-refractivity contribution in [3.05, 3.63) is 41.2 Å². The number of benzene rings is 1. The quantitative estimate of drug-likeness (QED) is 0.908. The summed E-state index contributed by atoms with van der Waals surface area (Å²) in [6.45, 7) is 5.11. The maximum Gasteiger partial charge on any atom is 0.259 e. The van der Waals surface area contributed by atoms with Gasteiger partial charge in [0, 0.05) is 31.0 Å². The summed E-state index contributed by atoms with van der Waals surface area (Å²) in [5, 5.41) is 9.73. The molecule has 0 aliphatic rings. The van der Waals surface area contributed by atoms with Crippen LogP contribution in [0.2, 0.25) is 0 Å². The van der Waals surface area contributed by atoms with Gasteiger partial charge in [-0.1, -0.05) is 0 Å². The normalized spacial score (nSPS) is 10.3. The fourth-order valence-electron chi connectivity index (χ4n) is 2.14. The van der Waals surface area contributed by atoms with E-state index in [2.05, 4.69) is 15.7 Å². The van der Waals surface area contributed by atoms with E-state index in [4.69, 9.17) is 0 Å². The molecule has 2 amide bonds. The van der Waals surface area contributed by atoms with Gasteiger partial charge in [-0.15, -0.1) is 0 Å². The SMILES string of the molecule is CC(=O)Nc1ccc(NC(=O)c2c(C)nn(C)c2C)cc1. The van der Waals surface area contributed by atoms with Crippen molar-refractivity contribution in [1.29, 1.82) is 0 Å². The van der Waals surface area contributed by atoms with Crippen molar-refractivity contribution in [3.8, 4) is 0 Å². The van der Waals surface area contributed by atoms with E-state index in [1.807, 2.05) is 13.8 Å². The predicted octanol–water partition coefficient (Wildman–Crippen LogP) is 2.25. The van der Waals surface area contributed by atoms with Gasteiger partial charge in [0.2, 0.25) is 5.91 Å². The van der Waals surface area contributed by atoms with Crippen LogP contribution < -0.4 is 10.6 Å². The Bertz CT molecular complexity index is 686. The molecule has 1 aromatic carbocycles. The molecule has 21 heavy (non-hydrogen) atoms. The van der Waals surface area contributed by atoms with Crippen LogP contribution in [0.15, 0.2) is 24.3 Å². The van der Waals surface area contributed by atoms with E-state index in [0.717, 1.165) is 5.69 Å². The molecule has 0 spiro atoms. The van der Waals surface area contributed by atoms with E-state index in [9.17, 15) is 9.59 Å². The fourth-order valence-corrected chi connectivity index (χ4v) is 2.14. The van der Waals surface area contributed by atoms with E-state index in [0.29, 0.717) is 22.6 Å². The summed E-state index contributed by atoms with van der Waals surface area (Å²) in [7, 11) is 1.81. The molecular weight excluding hydrogens is 268 g/mol. The predicted molar refractivity (Wildman–Crippen MR) is 81.4 cm³/mol. The van der Waals surface area contributed by atoms with Crippen LogP contribution >= 0.6 is 0 Å². The summed E-state index contributed by atoms with van der Waals surface area (Å²) in [4.78, 5) is 23.2. The summed E-state index contributed by atoms with van der Waals surface area (Å²) < 4.78 is 1.68. The average Bonchev–Trinajstić information content (AvgIpc) is 2.65. The molecule has 0 saturated carbocycles. The number of amides is 2. The number of carbonyl (C=O) groups excluding carboxylic acids is 2. The van der Waals surface area contributed by atoms with Gasteiger partial charge in [0.05, 0.1) is 11.3 Å². The highest BCUT2D eigenvalue weighted by molar-refractivity contribution is 6.06. The highest BCUT2D eigenvalue weighted by Crippen LogP contribution is 2.17. The molecule has 1 heterocycles. The van der Waals surface area contributed by atoms with Crippen LogP contribution in [0.5, 0.6) is 0 Å². The zero-order valence-corrected chi connectivity index (χ0v) is 12.5. The largest absolute Gasteiger partial charge is 0.326 e. The van der Waals surface area contributed by atoms with Gasteiger partial charge in [-0.2, -0.15) is 5.10 Å². The van der Waals surface area contributed by atoms with Gasteiger partial charge in [-0.05, 0) is 38.1 Å². The molecule has 0 unspecified atom stereocenters. The lowest BCUT2D eigenvalue weighted by Gasteiger charge is -2.07. The average molecular weight is 286 g/mol. The molecule has 0 fully saturated rings. The Kier molecular flexibility index (Phi) is 4.07. The number of hydrogen-bond donors (Lipinski definition) is 2. The lowest BCUT2D eigenvalue weighted by molar-refractivity contribution is -0.114. The van der Waals surface area contributed by atoms with Crippen LogP contribution in [0.3, 0.4) is 0 Å². The summed E-state index contributed by atoms with van der Waals surface area (Å²) in [5.41, 5.74) is 3.46. The molecular formula is C15H18N4O2. The highest BCUT2D eigenvalue weighted by atomic mass is 16.2. The smallest absolute Gasteiger partial charge is 0.259 e. The standard InChI is InChI=1S/C15H18N4O2/c1-9-14(10(2)19(4)18-9)15(21)17-13-7-5-12(6-8-13)16-11(3)20/h5-8H,1-4H3,(H,16,20)(H,17,21). The van der Waals surface area contributed by atoms with Crippen molar-refractivity contribution in [1.82, 2.24) is 9.78 Å². The van der Waals surface area contributed by atoms with Crippen molar-refractivity contribution in [3.63, 3.8) is 0 Å². The zero-order valence-electron chi connectivity index (χ0n) is 12.5. The molecule has 0 bridgehead atoms. The van der Waals surface area contributed by atoms with Crippen molar-refractivity contribution in [2.45, 2.75) is 20.8 Å². The maximum absolute atomic E-state index is 12.3. The zero-order chi connectivity index (χ0) is 15.6. The molecule has 0 aliphatic heterocycles.